The van der Waals surface area contributed by atoms with Gasteiger partial charge in [0, 0.05) is 18.0 Å². The third kappa shape index (κ3) is 2.04. The minimum absolute atomic E-state index is 0.00634. The maximum Gasteiger partial charge on any atom is 0.243 e. The molecular weight excluding hydrogens is 244 g/mol. The fourth-order valence-corrected chi connectivity index (χ4v) is 3.37. The largest absolute Gasteiger partial charge is 0.337 e. The highest BCUT2D eigenvalue weighted by Crippen LogP contribution is 2.31. The first-order chi connectivity index (χ1) is 8.66. The van der Waals surface area contributed by atoms with Gasteiger partial charge in [-0.15, -0.1) is 11.3 Å². The summed E-state index contributed by atoms with van der Waals surface area (Å²) in [5.74, 6) is 0.00634. The van der Waals surface area contributed by atoms with Crippen molar-refractivity contribution in [1.82, 2.24) is 4.90 Å². The summed E-state index contributed by atoms with van der Waals surface area (Å²) in [6.07, 6.45) is 2.10. The standard InChI is InChI=1S/C14H18N2OS/c1-3-14(4-2,10-15)13(17)16-7-5-12-11(9-16)6-8-18-12/h6,8H,3-5,7,9H2,1-2H3. The normalized spacial score (nSPS) is 15.1. The minimum Gasteiger partial charge on any atom is -0.337 e. The fraction of sp³-hybridized carbons (Fsp3) is 0.571. The summed E-state index contributed by atoms with van der Waals surface area (Å²) in [5, 5.41) is 11.4. The Kier molecular flexibility index (Phi) is 3.72. The van der Waals surface area contributed by atoms with Crippen molar-refractivity contribution in [3.63, 3.8) is 0 Å². The van der Waals surface area contributed by atoms with Crippen molar-refractivity contribution in [3.8, 4) is 6.07 Å². The van der Waals surface area contributed by atoms with Crippen LogP contribution in [0.25, 0.3) is 0 Å². The van der Waals surface area contributed by atoms with Gasteiger partial charge < -0.3 is 4.90 Å². The van der Waals surface area contributed by atoms with E-state index in [1.807, 2.05) is 18.7 Å². The second-order valence-corrected chi connectivity index (χ2v) is 5.75. The number of nitriles is 1. The molecule has 0 atom stereocenters. The lowest BCUT2D eigenvalue weighted by Crippen LogP contribution is -2.44. The first-order valence-electron chi connectivity index (χ1n) is 6.42. The SMILES string of the molecule is CCC(C#N)(CC)C(=O)N1CCc2sccc2C1. The third-order valence-electron chi connectivity index (χ3n) is 3.93. The van der Waals surface area contributed by atoms with Crippen LogP contribution in [-0.4, -0.2) is 17.4 Å². The topological polar surface area (TPSA) is 44.1 Å². The Labute approximate surface area is 112 Å². The van der Waals surface area contributed by atoms with Gasteiger partial charge >= 0.3 is 0 Å². The van der Waals surface area contributed by atoms with Crippen LogP contribution in [0.2, 0.25) is 0 Å². The highest BCUT2D eigenvalue weighted by atomic mass is 32.1. The Morgan fingerprint density at radius 3 is 2.89 bits per heavy atom. The average molecular weight is 262 g/mol. The van der Waals surface area contributed by atoms with Crippen LogP contribution in [0.4, 0.5) is 0 Å². The molecule has 1 aromatic rings. The van der Waals surface area contributed by atoms with Crippen LogP contribution < -0.4 is 0 Å². The monoisotopic (exact) mass is 262 g/mol. The molecule has 2 heterocycles. The van der Waals surface area contributed by atoms with E-state index in [0.717, 1.165) is 13.0 Å². The third-order valence-corrected chi connectivity index (χ3v) is 4.95. The van der Waals surface area contributed by atoms with E-state index in [9.17, 15) is 10.1 Å². The first-order valence-corrected chi connectivity index (χ1v) is 7.30. The lowest BCUT2D eigenvalue weighted by molar-refractivity contribution is -0.140. The second kappa shape index (κ2) is 5.11. The molecule has 0 aliphatic carbocycles. The molecule has 2 rings (SSSR count). The second-order valence-electron chi connectivity index (χ2n) is 4.75. The number of fused-ring (bicyclic) bond motifs is 1. The van der Waals surface area contributed by atoms with Crippen molar-refractivity contribution in [2.45, 2.75) is 39.7 Å². The molecule has 0 bridgehead atoms. The molecule has 0 fully saturated rings. The molecule has 1 aliphatic heterocycles. The lowest BCUT2D eigenvalue weighted by Gasteiger charge is -2.33. The number of rotatable bonds is 3. The van der Waals surface area contributed by atoms with Gasteiger partial charge in [-0.05, 0) is 36.3 Å². The molecule has 0 saturated heterocycles. The Morgan fingerprint density at radius 1 is 1.56 bits per heavy atom. The zero-order valence-electron chi connectivity index (χ0n) is 10.9. The Hall–Kier alpha value is -1.34. The summed E-state index contributed by atoms with van der Waals surface area (Å²) in [5.41, 5.74) is 0.423. The zero-order valence-corrected chi connectivity index (χ0v) is 11.7. The molecule has 1 amide bonds. The molecule has 1 aliphatic rings. The maximum absolute atomic E-state index is 12.6. The van der Waals surface area contributed by atoms with Gasteiger partial charge in [-0.2, -0.15) is 5.26 Å². The quantitative estimate of drug-likeness (QED) is 0.840. The molecule has 0 unspecified atom stereocenters. The smallest absolute Gasteiger partial charge is 0.243 e. The first kappa shape index (κ1) is 13.1. The van der Waals surface area contributed by atoms with Crippen molar-refractivity contribution < 1.29 is 4.79 Å². The minimum atomic E-state index is -0.826. The average Bonchev–Trinajstić information content (AvgIpc) is 2.88. The molecule has 0 aromatic carbocycles. The zero-order chi connectivity index (χ0) is 13.2. The molecule has 0 spiro atoms. The Balaban J connectivity index is 2.19. The maximum atomic E-state index is 12.6. The van der Waals surface area contributed by atoms with Crippen LogP contribution in [0.1, 0.15) is 37.1 Å². The summed E-state index contributed by atoms with van der Waals surface area (Å²) in [4.78, 5) is 15.8. The molecule has 3 nitrogen and oxygen atoms in total. The van der Waals surface area contributed by atoms with Crippen molar-refractivity contribution in [2.75, 3.05) is 6.54 Å². The number of hydrogen-bond donors (Lipinski definition) is 0. The van der Waals surface area contributed by atoms with E-state index < -0.39 is 5.41 Å². The van der Waals surface area contributed by atoms with E-state index in [1.54, 1.807) is 11.3 Å². The van der Waals surface area contributed by atoms with Gasteiger partial charge in [-0.1, -0.05) is 13.8 Å². The fourth-order valence-electron chi connectivity index (χ4n) is 2.48. The molecule has 0 saturated carbocycles. The number of carbonyl (C=O) groups excluding carboxylic acids is 1. The van der Waals surface area contributed by atoms with E-state index in [1.165, 1.54) is 10.4 Å². The summed E-state index contributed by atoms with van der Waals surface area (Å²) in [7, 11) is 0. The molecule has 18 heavy (non-hydrogen) atoms. The van der Waals surface area contributed by atoms with Crippen LogP contribution in [0, 0.1) is 16.7 Å². The van der Waals surface area contributed by atoms with Crippen molar-refractivity contribution >= 4 is 17.2 Å². The molecule has 0 radical (unpaired) electrons. The summed E-state index contributed by atoms with van der Waals surface area (Å²) in [6.45, 7) is 5.26. The van der Waals surface area contributed by atoms with E-state index in [0.29, 0.717) is 19.4 Å². The summed E-state index contributed by atoms with van der Waals surface area (Å²) < 4.78 is 0. The number of carbonyl (C=O) groups is 1. The van der Waals surface area contributed by atoms with Crippen molar-refractivity contribution in [3.05, 3.63) is 21.9 Å². The molecule has 1 aromatic heterocycles. The number of hydrogen-bond acceptors (Lipinski definition) is 3. The van der Waals surface area contributed by atoms with Crippen LogP contribution in [0.3, 0.4) is 0 Å². The van der Waals surface area contributed by atoms with Crippen molar-refractivity contribution in [2.24, 2.45) is 5.41 Å². The van der Waals surface area contributed by atoms with E-state index in [4.69, 9.17) is 0 Å². The van der Waals surface area contributed by atoms with Gasteiger partial charge in [0.05, 0.1) is 6.07 Å². The molecule has 4 heteroatoms. The van der Waals surface area contributed by atoms with Gasteiger partial charge in [-0.25, -0.2) is 0 Å². The molecular formula is C14H18N2OS. The highest BCUT2D eigenvalue weighted by Gasteiger charge is 2.39. The van der Waals surface area contributed by atoms with Gasteiger partial charge in [0.2, 0.25) is 5.91 Å². The van der Waals surface area contributed by atoms with Crippen LogP contribution in [0.15, 0.2) is 11.4 Å². The van der Waals surface area contributed by atoms with Gasteiger partial charge in [0.1, 0.15) is 5.41 Å². The van der Waals surface area contributed by atoms with E-state index >= 15 is 0 Å². The summed E-state index contributed by atoms with van der Waals surface area (Å²) >= 11 is 1.76. The van der Waals surface area contributed by atoms with Crippen LogP contribution in [-0.2, 0) is 17.8 Å². The van der Waals surface area contributed by atoms with E-state index in [2.05, 4.69) is 17.5 Å². The summed E-state index contributed by atoms with van der Waals surface area (Å²) in [6, 6.07) is 4.33. The Morgan fingerprint density at radius 2 is 2.28 bits per heavy atom. The molecule has 0 N–H and O–H groups in total. The van der Waals surface area contributed by atoms with Crippen LogP contribution >= 0.6 is 11.3 Å². The Bertz CT molecular complexity index is 482. The van der Waals surface area contributed by atoms with Gasteiger partial charge in [-0.3, -0.25) is 4.79 Å². The predicted octanol–water partition coefficient (Wildman–Crippen LogP) is 2.96. The van der Waals surface area contributed by atoms with Crippen LogP contribution in [0.5, 0.6) is 0 Å². The number of thiophene rings is 1. The van der Waals surface area contributed by atoms with Gasteiger partial charge in [0.25, 0.3) is 0 Å². The van der Waals surface area contributed by atoms with E-state index in [-0.39, 0.29) is 5.91 Å². The lowest BCUT2D eigenvalue weighted by atomic mass is 9.82. The number of amides is 1. The predicted molar refractivity (Wildman–Crippen MR) is 72.1 cm³/mol. The van der Waals surface area contributed by atoms with Crippen molar-refractivity contribution in [1.29, 1.82) is 5.26 Å². The highest BCUT2D eigenvalue weighted by molar-refractivity contribution is 7.10. The van der Waals surface area contributed by atoms with Gasteiger partial charge in [0.15, 0.2) is 0 Å². The number of nitrogens with zero attached hydrogens (tertiary/aromatic N) is 2. The molecule has 96 valence electrons.